The van der Waals surface area contributed by atoms with Crippen LogP contribution < -0.4 is 4.74 Å². The third kappa shape index (κ3) is 2.55. The summed E-state index contributed by atoms with van der Waals surface area (Å²) in [6.45, 7) is 0.799. The van der Waals surface area contributed by atoms with Crippen molar-refractivity contribution < 1.29 is 4.74 Å². The van der Waals surface area contributed by atoms with E-state index in [9.17, 15) is 0 Å². The monoisotopic (exact) mass is 236 g/mol. The molecule has 0 saturated carbocycles. The van der Waals surface area contributed by atoms with Crippen LogP contribution >= 0.6 is 11.6 Å². The molecule has 0 spiro atoms. The highest BCUT2D eigenvalue weighted by molar-refractivity contribution is 6.16. The maximum absolute atomic E-state index is 5.69. The first kappa shape index (κ1) is 11.0. The molecule has 16 heavy (non-hydrogen) atoms. The summed E-state index contributed by atoms with van der Waals surface area (Å²) < 4.78 is 7.12. The lowest BCUT2D eigenvalue weighted by atomic mass is 10.2. The van der Waals surface area contributed by atoms with E-state index in [2.05, 4.69) is 4.98 Å². The first-order valence-electron chi connectivity index (χ1n) is 5.01. The van der Waals surface area contributed by atoms with Gasteiger partial charge in [-0.2, -0.15) is 0 Å². The third-order valence-electron chi connectivity index (χ3n) is 2.35. The topological polar surface area (TPSA) is 27.1 Å². The van der Waals surface area contributed by atoms with Crippen LogP contribution in [0.2, 0.25) is 0 Å². The summed E-state index contributed by atoms with van der Waals surface area (Å²) in [6, 6.07) is 7.99. The van der Waals surface area contributed by atoms with Crippen LogP contribution in [0.4, 0.5) is 0 Å². The van der Waals surface area contributed by atoms with Crippen LogP contribution in [0.15, 0.2) is 36.8 Å². The van der Waals surface area contributed by atoms with E-state index in [1.54, 1.807) is 13.4 Å². The zero-order valence-electron chi connectivity index (χ0n) is 9.06. The molecule has 0 atom stereocenters. The molecule has 1 aromatic heterocycles. The first-order valence-corrected chi connectivity index (χ1v) is 5.55. The highest BCUT2D eigenvalue weighted by Crippen LogP contribution is 2.12. The molecule has 0 amide bonds. The van der Waals surface area contributed by atoms with Gasteiger partial charge in [-0.15, -0.1) is 11.6 Å². The summed E-state index contributed by atoms with van der Waals surface area (Å²) in [4.78, 5) is 4.17. The fourth-order valence-electron chi connectivity index (χ4n) is 1.50. The molecule has 4 heteroatoms. The summed E-state index contributed by atoms with van der Waals surface area (Å²) >= 11 is 5.69. The molecule has 0 aliphatic heterocycles. The van der Waals surface area contributed by atoms with E-state index in [-0.39, 0.29) is 0 Å². The van der Waals surface area contributed by atoms with Crippen molar-refractivity contribution in [1.82, 2.24) is 9.55 Å². The lowest BCUT2D eigenvalue weighted by Gasteiger charge is -2.04. The summed E-state index contributed by atoms with van der Waals surface area (Å²) in [5.74, 6) is 1.33. The van der Waals surface area contributed by atoms with Crippen LogP contribution in [0.5, 0.6) is 5.75 Å². The minimum Gasteiger partial charge on any atom is -0.497 e. The van der Waals surface area contributed by atoms with Gasteiger partial charge in [0.15, 0.2) is 0 Å². The molecule has 0 radical (unpaired) electrons. The predicted octanol–water partition coefficient (Wildman–Crippen LogP) is 2.68. The van der Waals surface area contributed by atoms with Crippen molar-refractivity contribution in [2.45, 2.75) is 12.4 Å². The molecule has 84 valence electrons. The smallest absolute Gasteiger partial charge is 0.118 e. The largest absolute Gasteiger partial charge is 0.497 e. The van der Waals surface area contributed by atoms with Gasteiger partial charge < -0.3 is 9.30 Å². The molecule has 0 N–H and O–H groups in total. The van der Waals surface area contributed by atoms with Crippen molar-refractivity contribution in [2.75, 3.05) is 7.11 Å². The Hall–Kier alpha value is -1.48. The van der Waals surface area contributed by atoms with Crippen molar-refractivity contribution in [3.8, 4) is 5.75 Å². The average Bonchev–Trinajstić information content (AvgIpc) is 2.78. The second kappa shape index (κ2) is 5.03. The van der Waals surface area contributed by atoms with Crippen LogP contribution in [0.1, 0.15) is 11.3 Å². The second-order valence-corrected chi connectivity index (χ2v) is 3.79. The average molecular weight is 237 g/mol. The van der Waals surface area contributed by atoms with E-state index in [1.807, 2.05) is 35.0 Å². The van der Waals surface area contributed by atoms with Gasteiger partial charge in [0.2, 0.25) is 0 Å². The maximum Gasteiger partial charge on any atom is 0.118 e. The van der Waals surface area contributed by atoms with E-state index >= 15 is 0 Å². The van der Waals surface area contributed by atoms with E-state index in [1.165, 1.54) is 5.56 Å². The Morgan fingerprint density at radius 1 is 1.31 bits per heavy atom. The van der Waals surface area contributed by atoms with Crippen molar-refractivity contribution >= 4 is 11.6 Å². The van der Waals surface area contributed by atoms with E-state index in [4.69, 9.17) is 16.3 Å². The molecular weight excluding hydrogens is 224 g/mol. The number of hydrogen-bond acceptors (Lipinski definition) is 2. The van der Waals surface area contributed by atoms with E-state index in [0.717, 1.165) is 18.0 Å². The Morgan fingerprint density at radius 3 is 2.62 bits per heavy atom. The highest BCUT2D eigenvalue weighted by Gasteiger charge is 1.99. The van der Waals surface area contributed by atoms with E-state index < -0.39 is 0 Å². The minimum atomic E-state index is 0.454. The summed E-state index contributed by atoms with van der Waals surface area (Å²) in [7, 11) is 1.66. The Balaban J connectivity index is 2.08. The fourth-order valence-corrected chi connectivity index (χ4v) is 1.64. The number of imidazole rings is 1. The highest BCUT2D eigenvalue weighted by atomic mass is 35.5. The quantitative estimate of drug-likeness (QED) is 0.764. The number of aromatic nitrogens is 2. The number of ether oxygens (including phenoxy) is 1. The number of rotatable bonds is 4. The van der Waals surface area contributed by atoms with Gasteiger partial charge in [-0.1, -0.05) is 12.1 Å². The summed E-state index contributed by atoms with van der Waals surface area (Å²) in [5.41, 5.74) is 2.11. The van der Waals surface area contributed by atoms with Gasteiger partial charge in [-0.3, -0.25) is 0 Å². The van der Waals surface area contributed by atoms with Gasteiger partial charge in [0.05, 0.1) is 25.0 Å². The van der Waals surface area contributed by atoms with Crippen molar-refractivity contribution in [3.63, 3.8) is 0 Å². The Bertz CT molecular complexity index is 450. The maximum atomic E-state index is 5.69. The van der Waals surface area contributed by atoms with Crippen molar-refractivity contribution in [1.29, 1.82) is 0 Å². The molecule has 2 rings (SSSR count). The predicted molar refractivity (Wildman–Crippen MR) is 63.9 cm³/mol. The van der Waals surface area contributed by atoms with Crippen LogP contribution in [-0.4, -0.2) is 16.7 Å². The van der Waals surface area contributed by atoms with Gasteiger partial charge in [0, 0.05) is 12.7 Å². The van der Waals surface area contributed by atoms with E-state index in [0.29, 0.717) is 5.88 Å². The molecular formula is C12H13ClN2O. The SMILES string of the molecule is COc1ccc(Cn2cnc(CCl)c2)cc1. The first-order chi connectivity index (χ1) is 7.81. The lowest BCUT2D eigenvalue weighted by Crippen LogP contribution is -1.96. The molecule has 0 saturated heterocycles. The van der Waals surface area contributed by atoms with Crippen molar-refractivity contribution in [2.24, 2.45) is 0 Å². The standard InChI is InChI=1S/C12H13ClN2O/c1-16-12-4-2-10(3-5-12)7-15-8-11(6-13)14-9-15/h2-5,8-9H,6-7H2,1H3. The zero-order chi connectivity index (χ0) is 11.4. The molecule has 2 aromatic rings. The van der Waals surface area contributed by atoms with Crippen LogP contribution in [0.3, 0.4) is 0 Å². The lowest BCUT2D eigenvalue weighted by molar-refractivity contribution is 0.414. The molecule has 0 bridgehead atoms. The normalized spacial score (nSPS) is 10.4. The Kier molecular flexibility index (Phi) is 3.47. The molecule has 1 aromatic carbocycles. The van der Waals surface area contributed by atoms with Gasteiger partial charge in [0.1, 0.15) is 5.75 Å². The van der Waals surface area contributed by atoms with Gasteiger partial charge in [-0.05, 0) is 17.7 Å². The second-order valence-electron chi connectivity index (χ2n) is 3.52. The van der Waals surface area contributed by atoms with Crippen molar-refractivity contribution in [3.05, 3.63) is 48.0 Å². The van der Waals surface area contributed by atoms with Gasteiger partial charge in [-0.25, -0.2) is 4.98 Å². The number of alkyl halides is 1. The number of nitrogens with zero attached hydrogens (tertiary/aromatic N) is 2. The molecule has 3 nitrogen and oxygen atoms in total. The molecule has 0 fully saturated rings. The number of benzene rings is 1. The number of hydrogen-bond donors (Lipinski definition) is 0. The molecule has 0 aliphatic carbocycles. The zero-order valence-corrected chi connectivity index (χ0v) is 9.81. The van der Waals surface area contributed by atoms with Crippen LogP contribution in [0, 0.1) is 0 Å². The Morgan fingerprint density at radius 2 is 2.06 bits per heavy atom. The third-order valence-corrected chi connectivity index (χ3v) is 2.62. The number of methoxy groups -OCH3 is 1. The summed E-state index contributed by atoms with van der Waals surface area (Å²) in [6.07, 6.45) is 3.75. The molecule has 0 unspecified atom stereocenters. The number of halogens is 1. The minimum absolute atomic E-state index is 0.454. The molecule has 1 heterocycles. The van der Waals surface area contributed by atoms with Gasteiger partial charge in [0.25, 0.3) is 0 Å². The van der Waals surface area contributed by atoms with Crippen LogP contribution in [-0.2, 0) is 12.4 Å². The fraction of sp³-hybridized carbons (Fsp3) is 0.250. The Labute approximate surface area is 99.6 Å². The summed E-state index contributed by atoms with van der Waals surface area (Å²) in [5, 5.41) is 0. The van der Waals surface area contributed by atoms with Crippen LogP contribution in [0.25, 0.3) is 0 Å². The molecule has 0 aliphatic rings. The van der Waals surface area contributed by atoms with Gasteiger partial charge >= 0.3 is 0 Å².